The topological polar surface area (TPSA) is 48.9 Å². The van der Waals surface area contributed by atoms with Crippen LogP contribution in [0.1, 0.15) is 5.56 Å². The molecule has 1 saturated heterocycles. The van der Waals surface area contributed by atoms with E-state index in [1.54, 1.807) is 0 Å². The summed E-state index contributed by atoms with van der Waals surface area (Å²) in [7, 11) is 0. The summed E-state index contributed by atoms with van der Waals surface area (Å²) in [6.07, 6.45) is 0. The third-order valence-electron chi connectivity index (χ3n) is 4.44. The van der Waals surface area contributed by atoms with Crippen molar-refractivity contribution < 1.29 is 4.74 Å². The van der Waals surface area contributed by atoms with Crippen molar-refractivity contribution in [1.29, 1.82) is 0 Å². The average Bonchev–Trinajstić information content (AvgIpc) is 2.79. The number of piperazine rings is 1. The summed E-state index contributed by atoms with van der Waals surface area (Å²) in [4.78, 5) is 7.24. The molecule has 2 aliphatic rings. The highest BCUT2D eigenvalue weighted by atomic mass is 35.5. The number of aliphatic imine (C=N–C) groups is 1. The number of nitrogens with one attached hydrogen (secondary N) is 2. The third kappa shape index (κ3) is 3.79. The van der Waals surface area contributed by atoms with Gasteiger partial charge in [-0.3, -0.25) is 4.90 Å². The Morgan fingerprint density at radius 1 is 1.12 bits per heavy atom. The van der Waals surface area contributed by atoms with Crippen LogP contribution in [0, 0.1) is 0 Å². The van der Waals surface area contributed by atoms with Gasteiger partial charge in [-0.2, -0.15) is 0 Å². The van der Waals surface area contributed by atoms with Crippen LogP contribution in [0.15, 0.2) is 47.5 Å². The molecular weight excluding hydrogens is 336 g/mol. The van der Waals surface area contributed by atoms with Gasteiger partial charge >= 0.3 is 0 Å². The number of para-hydroxylation sites is 2. The average molecular weight is 357 g/mol. The lowest BCUT2D eigenvalue weighted by molar-refractivity contribution is 0.245. The van der Waals surface area contributed by atoms with Crippen LogP contribution in [-0.2, 0) is 0 Å². The van der Waals surface area contributed by atoms with E-state index in [1.165, 1.54) is 0 Å². The molecule has 2 aromatic carbocycles. The molecule has 0 spiro atoms. The lowest BCUT2D eigenvalue weighted by Gasteiger charge is -2.27. The first kappa shape index (κ1) is 16.4. The first-order valence-electron chi connectivity index (χ1n) is 8.62. The van der Waals surface area contributed by atoms with E-state index < -0.39 is 0 Å². The van der Waals surface area contributed by atoms with Gasteiger partial charge in [-0.1, -0.05) is 23.7 Å². The second-order valence-corrected chi connectivity index (χ2v) is 6.63. The Hall–Kier alpha value is -2.08. The Morgan fingerprint density at radius 2 is 1.96 bits per heavy atom. The number of hydrogen-bond acceptors (Lipinski definition) is 5. The van der Waals surface area contributed by atoms with E-state index in [0.29, 0.717) is 5.02 Å². The maximum atomic E-state index is 6.21. The summed E-state index contributed by atoms with van der Waals surface area (Å²) in [5, 5.41) is 7.53. The maximum absolute atomic E-state index is 6.21. The molecule has 0 amide bonds. The number of halogens is 1. The van der Waals surface area contributed by atoms with Crippen LogP contribution >= 0.6 is 11.6 Å². The van der Waals surface area contributed by atoms with Crippen molar-refractivity contribution in [3.05, 3.63) is 53.1 Å². The van der Waals surface area contributed by atoms with Crippen molar-refractivity contribution in [2.45, 2.75) is 0 Å². The van der Waals surface area contributed by atoms with Gasteiger partial charge in [0.2, 0.25) is 0 Å². The van der Waals surface area contributed by atoms with Crippen molar-refractivity contribution in [3.8, 4) is 11.5 Å². The van der Waals surface area contributed by atoms with Gasteiger partial charge in [0.1, 0.15) is 17.3 Å². The minimum atomic E-state index is 0.671. The summed E-state index contributed by atoms with van der Waals surface area (Å²) >= 11 is 6.21. The minimum absolute atomic E-state index is 0.671. The van der Waals surface area contributed by atoms with Gasteiger partial charge in [0.05, 0.1) is 5.56 Å². The lowest BCUT2D eigenvalue weighted by atomic mass is 10.2. The van der Waals surface area contributed by atoms with Crippen molar-refractivity contribution in [2.24, 2.45) is 4.99 Å². The number of rotatable bonds is 3. The zero-order chi connectivity index (χ0) is 17.1. The zero-order valence-corrected chi connectivity index (χ0v) is 14.7. The van der Waals surface area contributed by atoms with Crippen LogP contribution < -0.4 is 15.4 Å². The predicted octanol–water partition coefficient (Wildman–Crippen LogP) is 3.02. The van der Waals surface area contributed by atoms with Crippen LogP contribution in [0.5, 0.6) is 11.5 Å². The Bertz CT molecular complexity index is 787. The minimum Gasteiger partial charge on any atom is -0.454 e. The molecule has 0 aliphatic carbocycles. The van der Waals surface area contributed by atoms with E-state index >= 15 is 0 Å². The predicted molar refractivity (Wildman–Crippen MR) is 101 cm³/mol. The fourth-order valence-electron chi connectivity index (χ4n) is 3.11. The molecular formula is C19H21ClN4O. The highest BCUT2D eigenvalue weighted by Crippen LogP contribution is 2.37. The second kappa shape index (κ2) is 7.44. The molecule has 0 bridgehead atoms. The summed E-state index contributed by atoms with van der Waals surface area (Å²) < 4.78 is 6.05. The number of benzene rings is 2. The molecule has 1 fully saturated rings. The maximum Gasteiger partial charge on any atom is 0.153 e. The standard InChI is InChI=1S/C19H21ClN4O/c20-14-5-6-17-15(13-14)19(22-9-12-24-10-7-21-8-11-24)23-16-3-1-2-4-18(16)25-17/h1-6,13,21H,7-12H2,(H,22,23). The molecule has 0 saturated carbocycles. The van der Waals surface area contributed by atoms with Crippen molar-refractivity contribution in [2.75, 3.05) is 39.3 Å². The Kier molecular flexibility index (Phi) is 4.88. The molecule has 2 heterocycles. The molecule has 2 aliphatic heterocycles. The summed E-state index contributed by atoms with van der Waals surface area (Å²) in [6, 6.07) is 13.4. The van der Waals surface area contributed by atoms with E-state index in [1.807, 2.05) is 42.5 Å². The van der Waals surface area contributed by atoms with E-state index in [0.717, 1.165) is 67.9 Å². The number of hydrogen-bond donors (Lipinski definition) is 2. The number of amidine groups is 1. The number of fused-ring (bicyclic) bond motifs is 2. The van der Waals surface area contributed by atoms with Crippen LogP contribution in [0.4, 0.5) is 5.69 Å². The molecule has 2 N–H and O–H groups in total. The highest BCUT2D eigenvalue weighted by molar-refractivity contribution is 6.31. The number of nitrogens with zero attached hydrogens (tertiary/aromatic N) is 2. The molecule has 5 nitrogen and oxygen atoms in total. The Labute approximate surface area is 152 Å². The van der Waals surface area contributed by atoms with Crippen LogP contribution in [0.3, 0.4) is 0 Å². The number of ether oxygens (including phenoxy) is 1. The quantitative estimate of drug-likeness (QED) is 0.887. The molecule has 0 unspecified atom stereocenters. The highest BCUT2D eigenvalue weighted by Gasteiger charge is 2.18. The van der Waals surface area contributed by atoms with E-state index in [9.17, 15) is 0 Å². The lowest BCUT2D eigenvalue weighted by Crippen LogP contribution is -2.46. The van der Waals surface area contributed by atoms with Crippen LogP contribution in [0.25, 0.3) is 0 Å². The SMILES string of the molecule is Clc1ccc2c(c1)C(NCCN1CCNCC1)=Nc1ccccc1O2. The van der Waals surface area contributed by atoms with Crippen LogP contribution in [-0.4, -0.2) is 50.0 Å². The Balaban J connectivity index is 1.57. The van der Waals surface area contributed by atoms with Crippen LogP contribution in [0.2, 0.25) is 5.02 Å². The first-order valence-corrected chi connectivity index (χ1v) is 9.00. The fourth-order valence-corrected chi connectivity index (χ4v) is 3.29. The molecule has 2 aromatic rings. The van der Waals surface area contributed by atoms with E-state index in [4.69, 9.17) is 21.3 Å². The fraction of sp³-hybridized carbons (Fsp3) is 0.316. The molecule has 0 radical (unpaired) electrons. The van der Waals surface area contributed by atoms with Crippen molar-refractivity contribution >= 4 is 23.1 Å². The monoisotopic (exact) mass is 356 g/mol. The molecule has 25 heavy (non-hydrogen) atoms. The first-order chi connectivity index (χ1) is 12.3. The summed E-state index contributed by atoms with van der Waals surface area (Å²) in [5.41, 5.74) is 1.71. The molecule has 0 atom stereocenters. The van der Waals surface area contributed by atoms with Crippen molar-refractivity contribution in [3.63, 3.8) is 0 Å². The van der Waals surface area contributed by atoms with Gasteiger partial charge in [0, 0.05) is 44.3 Å². The van der Waals surface area contributed by atoms with E-state index in [-0.39, 0.29) is 0 Å². The molecule has 0 aromatic heterocycles. The summed E-state index contributed by atoms with van der Waals surface area (Å²) in [6.45, 7) is 6.10. The Morgan fingerprint density at radius 3 is 2.84 bits per heavy atom. The third-order valence-corrected chi connectivity index (χ3v) is 4.68. The van der Waals surface area contributed by atoms with E-state index in [2.05, 4.69) is 15.5 Å². The smallest absolute Gasteiger partial charge is 0.153 e. The van der Waals surface area contributed by atoms with Gasteiger partial charge < -0.3 is 15.4 Å². The van der Waals surface area contributed by atoms with Gasteiger partial charge in [0.15, 0.2) is 5.75 Å². The van der Waals surface area contributed by atoms with Crippen molar-refractivity contribution in [1.82, 2.24) is 15.5 Å². The zero-order valence-electron chi connectivity index (χ0n) is 14.0. The molecule has 6 heteroatoms. The van der Waals surface area contributed by atoms with Gasteiger partial charge in [-0.15, -0.1) is 0 Å². The second-order valence-electron chi connectivity index (χ2n) is 6.19. The normalized spacial score (nSPS) is 16.9. The summed E-state index contributed by atoms with van der Waals surface area (Å²) in [5.74, 6) is 2.32. The largest absolute Gasteiger partial charge is 0.454 e. The van der Waals surface area contributed by atoms with Gasteiger partial charge in [-0.25, -0.2) is 4.99 Å². The molecule has 4 rings (SSSR count). The van der Waals surface area contributed by atoms with Gasteiger partial charge in [0.25, 0.3) is 0 Å². The van der Waals surface area contributed by atoms with Gasteiger partial charge in [-0.05, 0) is 30.3 Å². The molecule has 130 valence electrons.